The Balaban J connectivity index is 1.97. The molecule has 136 valence electrons. The van der Waals surface area contributed by atoms with E-state index in [1.807, 2.05) is 0 Å². The topological polar surface area (TPSA) is 118 Å². The predicted octanol–water partition coefficient (Wildman–Crippen LogP) is 3.33. The summed E-state index contributed by atoms with van der Waals surface area (Å²) < 4.78 is 0. The van der Waals surface area contributed by atoms with Gasteiger partial charge in [0.15, 0.2) is 5.78 Å². The average molecular weight is 364 g/mol. The number of carbonyl (C=O) groups is 1. The molecule has 1 aliphatic rings. The van der Waals surface area contributed by atoms with E-state index in [2.05, 4.69) is 0 Å². The molecule has 0 heterocycles. The van der Waals surface area contributed by atoms with E-state index in [0.29, 0.717) is 16.7 Å². The summed E-state index contributed by atoms with van der Waals surface area (Å²) >= 11 is 0. The summed E-state index contributed by atoms with van der Waals surface area (Å²) in [6.45, 7) is 0. The van der Waals surface area contributed by atoms with Crippen LogP contribution < -0.4 is 0 Å². The van der Waals surface area contributed by atoms with Crippen LogP contribution in [-0.2, 0) is 0 Å². The zero-order valence-electron chi connectivity index (χ0n) is 14.0. The van der Waals surface area contributed by atoms with Gasteiger partial charge in [0.25, 0.3) is 0 Å². The third-order valence-electron chi connectivity index (χ3n) is 4.87. The number of ketones is 1. The van der Waals surface area contributed by atoms with Crippen LogP contribution >= 0.6 is 0 Å². The standard InChI is InChI=1S/C21H16O6/c22-12-3-1-10(2-4-12)18-19(11-5-13(23)7-14(24)6-11)21(27)16-8-15(25)9-17(26)20(16)18/h1-9,18-19,22-26H/t18-,19-/m0/s1. The molecule has 3 aromatic carbocycles. The molecule has 3 aromatic rings. The maximum absolute atomic E-state index is 13.1. The Bertz CT molecular complexity index is 1030. The van der Waals surface area contributed by atoms with Crippen molar-refractivity contribution in [2.45, 2.75) is 11.8 Å². The SMILES string of the molecule is O=C1c2cc(O)cc(O)c2[C@@H](c2ccc(O)cc2)[C@@H]1c1cc(O)cc(O)c1. The molecule has 0 bridgehead atoms. The van der Waals surface area contributed by atoms with Crippen LogP contribution in [0, 0.1) is 0 Å². The normalized spacial score (nSPS) is 18.4. The Morgan fingerprint density at radius 2 is 1.19 bits per heavy atom. The van der Waals surface area contributed by atoms with Crippen molar-refractivity contribution in [3.8, 4) is 28.7 Å². The molecule has 6 heteroatoms. The molecule has 4 rings (SSSR count). The van der Waals surface area contributed by atoms with Gasteiger partial charge in [-0.25, -0.2) is 0 Å². The minimum absolute atomic E-state index is 0.0600. The molecule has 0 fully saturated rings. The molecule has 0 unspecified atom stereocenters. The van der Waals surface area contributed by atoms with Crippen molar-refractivity contribution in [3.63, 3.8) is 0 Å². The van der Waals surface area contributed by atoms with Crippen LogP contribution in [0.5, 0.6) is 28.7 Å². The first-order chi connectivity index (χ1) is 12.8. The third kappa shape index (κ3) is 2.71. The fourth-order valence-electron chi connectivity index (χ4n) is 3.82. The van der Waals surface area contributed by atoms with Crippen LogP contribution in [0.2, 0.25) is 0 Å². The van der Waals surface area contributed by atoms with Gasteiger partial charge in [0.05, 0.1) is 5.92 Å². The van der Waals surface area contributed by atoms with E-state index in [1.54, 1.807) is 12.1 Å². The Labute approximate surface area is 154 Å². The molecule has 2 atom stereocenters. The van der Waals surface area contributed by atoms with Crippen LogP contribution in [0.1, 0.15) is 38.9 Å². The van der Waals surface area contributed by atoms with Crippen molar-refractivity contribution in [2.24, 2.45) is 0 Å². The first-order valence-corrected chi connectivity index (χ1v) is 8.27. The van der Waals surface area contributed by atoms with Crippen LogP contribution in [0.3, 0.4) is 0 Å². The number of rotatable bonds is 2. The molecule has 0 aromatic heterocycles. The lowest BCUT2D eigenvalue weighted by Gasteiger charge is -2.21. The summed E-state index contributed by atoms with van der Waals surface area (Å²) in [5.74, 6) is -2.56. The van der Waals surface area contributed by atoms with E-state index < -0.39 is 11.8 Å². The van der Waals surface area contributed by atoms with Crippen molar-refractivity contribution >= 4 is 5.78 Å². The highest BCUT2D eigenvalue weighted by atomic mass is 16.3. The largest absolute Gasteiger partial charge is 0.508 e. The number of phenols is 5. The molecule has 27 heavy (non-hydrogen) atoms. The number of hydrogen-bond acceptors (Lipinski definition) is 6. The highest BCUT2D eigenvalue weighted by Gasteiger charge is 2.44. The van der Waals surface area contributed by atoms with Gasteiger partial charge in [-0.15, -0.1) is 0 Å². The van der Waals surface area contributed by atoms with Gasteiger partial charge in [-0.3, -0.25) is 4.79 Å². The second kappa shape index (κ2) is 5.95. The van der Waals surface area contributed by atoms with Gasteiger partial charge in [-0.2, -0.15) is 0 Å². The Hall–Kier alpha value is -3.67. The molecule has 5 N–H and O–H groups in total. The lowest BCUT2D eigenvalue weighted by molar-refractivity contribution is 0.0968. The molecule has 0 radical (unpaired) electrons. The van der Waals surface area contributed by atoms with Crippen molar-refractivity contribution in [1.82, 2.24) is 0 Å². The average Bonchev–Trinajstić information content (AvgIpc) is 2.88. The van der Waals surface area contributed by atoms with Gasteiger partial charge in [0.1, 0.15) is 28.7 Å². The Kier molecular flexibility index (Phi) is 3.70. The first kappa shape index (κ1) is 16.8. The van der Waals surface area contributed by atoms with Gasteiger partial charge in [0, 0.05) is 29.2 Å². The van der Waals surface area contributed by atoms with Gasteiger partial charge in [0.2, 0.25) is 0 Å². The van der Waals surface area contributed by atoms with Crippen molar-refractivity contribution in [1.29, 1.82) is 0 Å². The number of carbonyl (C=O) groups excluding carboxylic acids is 1. The zero-order chi connectivity index (χ0) is 19.3. The summed E-state index contributed by atoms with van der Waals surface area (Å²) in [5, 5.41) is 49.5. The fraction of sp³-hybridized carbons (Fsp3) is 0.0952. The molecule has 6 nitrogen and oxygen atoms in total. The highest BCUT2D eigenvalue weighted by molar-refractivity contribution is 6.08. The van der Waals surface area contributed by atoms with E-state index in [1.165, 1.54) is 36.4 Å². The van der Waals surface area contributed by atoms with E-state index in [0.717, 1.165) is 6.07 Å². The molecule has 0 amide bonds. The predicted molar refractivity (Wildman–Crippen MR) is 96.6 cm³/mol. The maximum Gasteiger partial charge on any atom is 0.171 e. The van der Waals surface area contributed by atoms with Crippen LogP contribution in [-0.4, -0.2) is 31.3 Å². The van der Waals surface area contributed by atoms with Crippen molar-refractivity contribution in [3.05, 3.63) is 76.9 Å². The number of benzene rings is 3. The van der Waals surface area contributed by atoms with Gasteiger partial charge in [-0.05, 0) is 41.5 Å². The highest BCUT2D eigenvalue weighted by Crippen LogP contribution is 2.52. The van der Waals surface area contributed by atoms with Crippen LogP contribution in [0.25, 0.3) is 0 Å². The van der Waals surface area contributed by atoms with Crippen molar-refractivity contribution in [2.75, 3.05) is 0 Å². The molecule has 1 aliphatic carbocycles. The summed E-state index contributed by atoms with van der Waals surface area (Å²) in [7, 11) is 0. The molecular weight excluding hydrogens is 348 g/mol. The summed E-state index contributed by atoms with van der Waals surface area (Å²) in [6, 6.07) is 12.6. The molecule has 0 saturated carbocycles. The number of fused-ring (bicyclic) bond motifs is 1. The molecular formula is C21H16O6. The van der Waals surface area contributed by atoms with Gasteiger partial charge in [-0.1, -0.05) is 12.1 Å². The smallest absolute Gasteiger partial charge is 0.171 e. The number of phenolic OH excluding ortho intramolecular Hbond substituents is 5. The van der Waals surface area contributed by atoms with E-state index in [-0.39, 0.29) is 40.1 Å². The minimum Gasteiger partial charge on any atom is -0.508 e. The lowest BCUT2D eigenvalue weighted by atomic mass is 9.81. The second-order valence-corrected chi connectivity index (χ2v) is 6.62. The Morgan fingerprint density at radius 1 is 0.593 bits per heavy atom. The van der Waals surface area contributed by atoms with E-state index in [9.17, 15) is 30.3 Å². The molecule has 0 aliphatic heterocycles. The molecule has 0 spiro atoms. The second-order valence-electron chi connectivity index (χ2n) is 6.62. The fourth-order valence-corrected chi connectivity index (χ4v) is 3.82. The quantitative estimate of drug-likeness (QED) is 0.476. The van der Waals surface area contributed by atoms with Crippen LogP contribution in [0.4, 0.5) is 0 Å². The first-order valence-electron chi connectivity index (χ1n) is 8.27. The number of aromatic hydroxyl groups is 5. The summed E-state index contributed by atoms with van der Waals surface area (Å²) in [4.78, 5) is 13.1. The zero-order valence-corrected chi connectivity index (χ0v) is 14.0. The van der Waals surface area contributed by atoms with E-state index in [4.69, 9.17) is 0 Å². The van der Waals surface area contributed by atoms with Gasteiger partial charge >= 0.3 is 0 Å². The van der Waals surface area contributed by atoms with Crippen molar-refractivity contribution < 1.29 is 30.3 Å². The number of hydrogen-bond donors (Lipinski definition) is 5. The summed E-state index contributed by atoms with van der Waals surface area (Å²) in [6.07, 6.45) is 0. The maximum atomic E-state index is 13.1. The van der Waals surface area contributed by atoms with Crippen LogP contribution in [0.15, 0.2) is 54.6 Å². The van der Waals surface area contributed by atoms with Gasteiger partial charge < -0.3 is 25.5 Å². The summed E-state index contributed by atoms with van der Waals surface area (Å²) in [5.41, 5.74) is 1.58. The Morgan fingerprint density at radius 3 is 1.81 bits per heavy atom. The monoisotopic (exact) mass is 364 g/mol. The third-order valence-corrected chi connectivity index (χ3v) is 4.87. The minimum atomic E-state index is -0.824. The number of Topliss-reactive ketones (excluding diaryl/α,β-unsaturated/α-hetero) is 1. The van der Waals surface area contributed by atoms with E-state index >= 15 is 0 Å². The lowest BCUT2D eigenvalue weighted by Crippen LogP contribution is -2.13. The molecule has 0 saturated heterocycles.